The Balaban J connectivity index is 4.30. The third kappa shape index (κ3) is 47.9. The van der Waals surface area contributed by atoms with Crippen LogP contribution in [0.25, 0.3) is 0 Å². The summed E-state index contributed by atoms with van der Waals surface area (Å²) in [6.07, 6.45) is 53.7. The van der Waals surface area contributed by atoms with Crippen LogP contribution in [0.2, 0.25) is 0 Å². The molecule has 368 valence electrons. The van der Waals surface area contributed by atoms with E-state index in [4.69, 9.17) is 14.2 Å². The van der Waals surface area contributed by atoms with Gasteiger partial charge in [-0.05, 0) is 25.2 Å². The van der Waals surface area contributed by atoms with Gasteiger partial charge in [0.2, 0.25) is 0 Å². The second kappa shape index (κ2) is 50.4. The van der Waals surface area contributed by atoms with Crippen LogP contribution in [0.5, 0.6) is 0 Å². The molecule has 0 amide bonds. The molecule has 1 unspecified atom stereocenters. The molecule has 0 rings (SSSR count). The van der Waals surface area contributed by atoms with E-state index in [1.807, 2.05) is 0 Å². The van der Waals surface area contributed by atoms with Crippen molar-refractivity contribution in [3.8, 4) is 0 Å². The van der Waals surface area contributed by atoms with Crippen molar-refractivity contribution in [2.75, 3.05) is 13.2 Å². The number of carbonyl (C=O) groups excluding carboxylic acids is 3. The van der Waals surface area contributed by atoms with Gasteiger partial charge in [0.15, 0.2) is 6.10 Å². The van der Waals surface area contributed by atoms with Crippen molar-refractivity contribution >= 4 is 17.9 Å². The van der Waals surface area contributed by atoms with Crippen LogP contribution in [-0.4, -0.2) is 37.2 Å². The quantitative estimate of drug-likeness (QED) is 0.0344. The third-order valence-electron chi connectivity index (χ3n) is 13.2. The highest BCUT2D eigenvalue weighted by Crippen LogP contribution is 2.18. The Kier molecular flexibility index (Phi) is 49.1. The third-order valence-corrected chi connectivity index (χ3v) is 13.2. The molecule has 6 heteroatoms. The van der Waals surface area contributed by atoms with Crippen LogP contribution in [-0.2, 0) is 28.6 Å². The Morgan fingerprint density at radius 2 is 0.565 bits per heavy atom. The maximum Gasteiger partial charge on any atom is 0.306 e. The van der Waals surface area contributed by atoms with E-state index in [-0.39, 0.29) is 31.1 Å². The van der Waals surface area contributed by atoms with Crippen molar-refractivity contribution in [1.29, 1.82) is 0 Å². The van der Waals surface area contributed by atoms with Crippen LogP contribution in [0.1, 0.15) is 317 Å². The minimum atomic E-state index is -0.762. The van der Waals surface area contributed by atoms with Crippen molar-refractivity contribution in [1.82, 2.24) is 0 Å². The Bertz CT molecular complexity index is 935. The topological polar surface area (TPSA) is 78.9 Å². The van der Waals surface area contributed by atoms with Crippen molar-refractivity contribution in [2.24, 2.45) is 5.92 Å². The summed E-state index contributed by atoms with van der Waals surface area (Å²) in [5.74, 6) is 0.00792. The standard InChI is InChI=1S/C56H108O6/c1-5-8-10-12-14-16-18-20-22-23-25-27-29-31-37-41-45-49-56(59)62-53(51-61-55(58)48-44-40-36-33-32-34-38-42-46-52(4)7-3)50-60-54(57)47-43-39-35-30-28-26-24-21-19-17-15-13-11-9-6-2/h52-53H,5-51H2,1-4H3/t52?,53-/m1/s1. The zero-order chi connectivity index (χ0) is 45.2. The Morgan fingerprint density at radius 3 is 0.839 bits per heavy atom. The van der Waals surface area contributed by atoms with E-state index in [0.717, 1.165) is 63.7 Å². The first-order chi connectivity index (χ1) is 30.4. The molecule has 0 saturated carbocycles. The first kappa shape index (κ1) is 60.4. The number of hydrogen-bond donors (Lipinski definition) is 0. The maximum atomic E-state index is 12.8. The van der Waals surface area contributed by atoms with E-state index >= 15 is 0 Å². The summed E-state index contributed by atoms with van der Waals surface area (Å²) in [5.41, 5.74) is 0. The largest absolute Gasteiger partial charge is 0.462 e. The second-order valence-corrected chi connectivity index (χ2v) is 19.5. The van der Waals surface area contributed by atoms with Crippen molar-refractivity contribution in [3.05, 3.63) is 0 Å². The van der Waals surface area contributed by atoms with E-state index in [1.54, 1.807) is 0 Å². The van der Waals surface area contributed by atoms with Crippen LogP contribution in [0.15, 0.2) is 0 Å². The van der Waals surface area contributed by atoms with Gasteiger partial charge < -0.3 is 14.2 Å². The van der Waals surface area contributed by atoms with E-state index in [1.165, 1.54) is 212 Å². The summed E-state index contributed by atoms with van der Waals surface area (Å²) in [7, 11) is 0. The molecule has 0 aromatic heterocycles. The molecule has 6 nitrogen and oxygen atoms in total. The summed E-state index contributed by atoms with van der Waals surface area (Å²) in [4.78, 5) is 38.1. The molecule has 0 aliphatic heterocycles. The van der Waals surface area contributed by atoms with E-state index in [2.05, 4.69) is 27.7 Å². The smallest absolute Gasteiger partial charge is 0.306 e. The normalized spacial score (nSPS) is 12.4. The van der Waals surface area contributed by atoms with Gasteiger partial charge in [-0.3, -0.25) is 14.4 Å². The zero-order valence-electron chi connectivity index (χ0n) is 42.3. The molecule has 62 heavy (non-hydrogen) atoms. The minimum Gasteiger partial charge on any atom is -0.462 e. The van der Waals surface area contributed by atoms with Gasteiger partial charge >= 0.3 is 17.9 Å². The number of hydrogen-bond acceptors (Lipinski definition) is 6. The number of esters is 3. The molecule has 0 aliphatic carbocycles. The summed E-state index contributed by atoms with van der Waals surface area (Å²) >= 11 is 0. The Morgan fingerprint density at radius 1 is 0.323 bits per heavy atom. The van der Waals surface area contributed by atoms with Gasteiger partial charge in [0.1, 0.15) is 13.2 Å². The number of rotatable bonds is 51. The molecule has 2 atom stereocenters. The lowest BCUT2D eigenvalue weighted by Gasteiger charge is -2.18. The maximum absolute atomic E-state index is 12.8. The molecule has 0 aromatic carbocycles. The summed E-state index contributed by atoms with van der Waals surface area (Å²) in [5, 5.41) is 0. The van der Waals surface area contributed by atoms with Crippen LogP contribution in [0.4, 0.5) is 0 Å². The Labute approximate surface area is 387 Å². The lowest BCUT2D eigenvalue weighted by Crippen LogP contribution is -2.30. The summed E-state index contributed by atoms with van der Waals surface area (Å²) in [6, 6.07) is 0. The molecule has 0 N–H and O–H groups in total. The average Bonchev–Trinajstić information content (AvgIpc) is 3.27. The monoisotopic (exact) mass is 877 g/mol. The fraction of sp³-hybridized carbons (Fsp3) is 0.946. The van der Waals surface area contributed by atoms with Gasteiger partial charge in [-0.25, -0.2) is 0 Å². The van der Waals surface area contributed by atoms with Crippen molar-refractivity contribution in [3.63, 3.8) is 0 Å². The molecular weight excluding hydrogens is 769 g/mol. The van der Waals surface area contributed by atoms with Crippen LogP contribution < -0.4 is 0 Å². The van der Waals surface area contributed by atoms with Gasteiger partial charge in [0.05, 0.1) is 0 Å². The molecule has 0 bridgehead atoms. The molecule has 0 aromatic rings. The van der Waals surface area contributed by atoms with Gasteiger partial charge in [-0.1, -0.05) is 278 Å². The highest BCUT2D eigenvalue weighted by Gasteiger charge is 2.19. The summed E-state index contributed by atoms with van der Waals surface area (Å²) < 4.78 is 16.9. The van der Waals surface area contributed by atoms with Gasteiger partial charge in [-0.15, -0.1) is 0 Å². The Hall–Kier alpha value is -1.59. The molecule has 0 fully saturated rings. The van der Waals surface area contributed by atoms with E-state index in [0.29, 0.717) is 19.3 Å². The number of unbranched alkanes of at least 4 members (excludes halogenated alkanes) is 37. The molecule has 0 saturated heterocycles. The SMILES string of the molecule is CCCCCCCCCCCCCCCCCCCC(=O)O[C@H](COC(=O)CCCCCCCCCCCCCCCCC)COC(=O)CCCCCCCCCCC(C)CC. The number of ether oxygens (including phenoxy) is 3. The van der Waals surface area contributed by atoms with Crippen molar-refractivity contribution < 1.29 is 28.6 Å². The second-order valence-electron chi connectivity index (χ2n) is 19.5. The molecule has 0 aliphatic rings. The van der Waals surface area contributed by atoms with Crippen LogP contribution in [0, 0.1) is 5.92 Å². The molecule has 0 radical (unpaired) electrons. The molecule has 0 heterocycles. The molecule has 0 spiro atoms. The van der Waals surface area contributed by atoms with Crippen molar-refractivity contribution in [2.45, 2.75) is 323 Å². The first-order valence-electron chi connectivity index (χ1n) is 27.9. The minimum absolute atomic E-state index is 0.0625. The van der Waals surface area contributed by atoms with Gasteiger partial charge in [-0.2, -0.15) is 0 Å². The van der Waals surface area contributed by atoms with Crippen LogP contribution >= 0.6 is 0 Å². The molecular formula is C56H108O6. The summed E-state index contributed by atoms with van der Waals surface area (Å²) in [6.45, 7) is 9.05. The fourth-order valence-electron chi connectivity index (χ4n) is 8.54. The van der Waals surface area contributed by atoms with E-state index < -0.39 is 6.10 Å². The van der Waals surface area contributed by atoms with E-state index in [9.17, 15) is 14.4 Å². The predicted octanol–water partition coefficient (Wildman–Crippen LogP) is 18.2. The first-order valence-corrected chi connectivity index (χ1v) is 27.9. The highest BCUT2D eigenvalue weighted by molar-refractivity contribution is 5.71. The lowest BCUT2D eigenvalue weighted by atomic mass is 9.99. The predicted molar refractivity (Wildman–Crippen MR) is 266 cm³/mol. The highest BCUT2D eigenvalue weighted by atomic mass is 16.6. The average molecular weight is 877 g/mol. The van der Waals surface area contributed by atoms with Gasteiger partial charge in [0, 0.05) is 19.3 Å². The van der Waals surface area contributed by atoms with Gasteiger partial charge in [0.25, 0.3) is 0 Å². The number of carbonyl (C=O) groups is 3. The van der Waals surface area contributed by atoms with Crippen LogP contribution in [0.3, 0.4) is 0 Å². The fourth-order valence-corrected chi connectivity index (χ4v) is 8.54. The zero-order valence-corrected chi connectivity index (χ0v) is 42.3. The lowest BCUT2D eigenvalue weighted by molar-refractivity contribution is -0.167.